The number of hydrogen-bond donors (Lipinski definition) is 1. The zero-order chi connectivity index (χ0) is 21.9. The summed E-state index contributed by atoms with van der Waals surface area (Å²) in [6, 6.07) is 2.66. The van der Waals surface area contributed by atoms with Crippen LogP contribution in [0.25, 0.3) is 0 Å². The van der Waals surface area contributed by atoms with Crippen LogP contribution in [-0.4, -0.2) is 46.1 Å². The Morgan fingerprint density at radius 1 is 1.33 bits per heavy atom. The Kier molecular flexibility index (Phi) is 6.60. The Labute approximate surface area is 172 Å². The van der Waals surface area contributed by atoms with Crippen molar-refractivity contribution in [2.24, 2.45) is 5.92 Å². The van der Waals surface area contributed by atoms with E-state index in [-0.39, 0.29) is 18.9 Å². The van der Waals surface area contributed by atoms with Gasteiger partial charge in [-0.3, -0.25) is 14.8 Å². The highest BCUT2D eigenvalue weighted by Gasteiger charge is 2.36. The first kappa shape index (κ1) is 22.0. The van der Waals surface area contributed by atoms with E-state index in [0.717, 1.165) is 6.07 Å². The number of aromatic nitrogens is 2. The van der Waals surface area contributed by atoms with Gasteiger partial charge in [0.15, 0.2) is 0 Å². The number of methoxy groups -OCH3 is 1. The molecule has 1 aliphatic carbocycles. The number of amides is 1. The number of rotatable bonds is 7. The zero-order valence-corrected chi connectivity index (χ0v) is 16.8. The van der Waals surface area contributed by atoms with Crippen molar-refractivity contribution in [1.29, 1.82) is 0 Å². The van der Waals surface area contributed by atoms with Crippen molar-refractivity contribution in [2.45, 2.75) is 38.5 Å². The third-order valence-electron chi connectivity index (χ3n) is 5.24. The number of carbonyl (C=O) groups is 1. The molecule has 0 spiro atoms. The van der Waals surface area contributed by atoms with E-state index in [9.17, 15) is 23.1 Å². The van der Waals surface area contributed by atoms with Crippen molar-refractivity contribution >= 4 is 5.91 Å². The highest BCUT2D eigenvalue weighted by atomic mass is 19.4. The maximum atomic E-state index is 13.1. The molecule has 3 rings (SSSR count). The molecule has 0 radical (unpaired) electrons. The molecule has 1 N–H and O–H groups in total. The fourth-order valence-corrected chi connectivity index (χ4v) is 3.79. The Hall–Kier alpha value is -2.68. The minimum absolute atomic E-state index is 0.0492. The highest BCUT2D eigenvalue weighted by molar-refractivity contribution is 5.80. The van der Waals surface area contributed by atoms with Crippen LogP contribution in [0.3, 0.4) is 0 Å². The number of nitrogens with zero attached hydrogens (tertiary/aromatic N) is 3. The maximum Gasteiger partial charge on any atom is 0.433 e. The van der Waals surface area contributed by atoms with E-state index < -0.39 is 23.9 Å². The number of aliphatic hydroxyl groups excluding tert-OH is 1. The van der Waals surface area contributed by atoms with Crippen LogP contribution in [0, 0.1) is 5.92 Å². The lowest BCUT2D eigenvalue weighted by Crippen LogP contribution is -2.40. The summed E-state index contributed by atoms with van der Waals surface area (Å²) in [5, 5.41) is 10.7. The van der Waals surface area contributed by atoms with Gasteiger partial charge >= 0.3 is 6.18 Å². The smallest absolute Gasteiger partial charge is 0.433 e. The van der Waals surface area contributed by atoms with Gasteiger partial charge in [0.1, 0.15) is 17.5 Å². The fraction of sp³-hybridized carbons (Fsp3) is 0.476. The standard InChI is InChI=1S/C21H24F3N3O3/c1-3-6-27(12-17(28)16-11-25-5-4-18(16)30-2)20(29)14-7-13-9-19(21(22,23)24)26-10-15(13)8-14/h4-5,9-11,14,17,28H,3,6-8,12H2,1-2H3. The minimum Gasteiger partial charge on any atom is -0.496 e. The van der Waals surface area contributed by atoms with Crippen LogP contribution in [0.15, 0.2) is 30.7 Å². The summed E-state index contributed by atoms with van der Waals surface area (Å²) >= 11 is 0. The molecule has 162 valence electrons. The molecule has 0 bridgehead atoms. The van der Waals surface area contributed by atoms with Crippen LogP contribution in [0.4, 0.5) is 13.2 Å². The number of pyridine rings is 2. The summed E-state index contributed by atoms with van der Waals surface area (Å²) in [7, 11) is 1.49. The quantitative estimate of drug-likeness (QED) is 0.740. The maximum absolute atomic E-state index is 13.1. The molecule has 0 saturated carbocycles. The van der Waals surface area contributed by atoms with Crippen molar-refractivity contribution in [3.63, 3.8) is 0 Å². The SMILES string of the molecule is CCCN(CC(O)c1cnccc1OC)C(=O)C1Cc2cnc(C(F)(F)F)cc2C1. The van der Waals surface area contributed by atoms with E-state index in [1.54, 1.807) is 17.2 Å². The summed E-state index contributed by atoms with van der Waals surface area (Å²) in [4.78, 5) is 22.2. The van der Waals surface area contributed by atoms with Gasteiger partial charge in [-0.05, 0) is 42.5 Å². The zero-order valence-electron chi connectivity index (χ0n) is 16.8. The summed E-state index contributed by atoms with van der Waals surface area (Å²) in [6.45, 7) is 2.39. The summed E-state index contributed by atoms with van der Waals surface area (Å²) in [6.07, 6.45) is -0.00767. The molecule has 0 saturated heterocycles. The summed E-state index contributed by atoms with van der Waals surface area (Å²) in [5.74, 6) is -0.191. The minimum atomic E-state index is -4.52. The molecule has 2 aromatic heterocycles. The third-order valence-corrected chi connectivity index (χ3v) is 5.24. The van der Waals surface area contributed by atoms with Crippen molar-refractivity contribution in [1.82, 2.24) is 14.9 Å². The van der Waals surface area contributed by atoms with Crippen LogP contribution in [0.1, 0.15) is 41.8 Å². The number of carbonyl (C=O) groups excluding carboxylic acids is 1. The number of hydrogen-bond acceptors (Lipinski definition) is 5. The molecule has 0 aliphatic heterocycles. The second kappa shape index (κ2) is 8.99. The normalized spacial score (nSPS) is 16.8. The number of ether oxygens (including phenoxy) is 1. The largest absolute Gasteiger partial charge is 0.496 e. The van der Waals surface area contributed by atoms with Crippen molar-refractivity contribution in [3.05, 3.63) is 53.1 Å². The van der Waals surface area contributed by atoms with Gasteiger partial charge in [-0.2, -0.15) is 13.2 Å². The first-order valence-corrected chi connectivity index (χ1v) is 9.74. The van der Waals surface area contributed by atoms with E-state index in [4.69, 9.17) is 4.74 Å². The second-order valence-electron chi connectivity index (χ2n) is 7.36. The summed E-state index contributed by atoms with van der Waals surface area (Å²) < 4.78 is 44.0. The Balaban J connectivity index is 1.74. The van der Waals surface area contributed by atoms with Crippen LogP contribution < -0.4 is 4.74 Å². The predicted octanol–water partition coefficient (Wildman–Crippen LogP) is 3.19. The number of fused-ring (bicyclic) bond motifs is 1. The van der Waals surface area contributed by atoms with E-state index in [2.05, 4.69) is 9.97 Å². The lowest BCUT2D eigenvalue weighted by molar-refractivity contribution is -0.141. The van der Waals surface area contributed by atoms with Gasteiger partial charge in [-0.1, -0.05) is 6.92 Å². The average molecular weight is 423 g/mol. The Bertz CT molecular complexity index is 905. The second-order valence-corrected chi connectivity index (χ2v) is 7.36. The van der Waals surface area contributed by atoms with Crippen LogP contribution in [0.2, 0.25) is 0 Å². The highest BCUT2D eigenvalue weighted by Crippen LogP contribution is 2.34. The van der Waals surface area contributed by atoms with Gasteiger partial charge in [0, 0.05) is 36.6 Å². The Morgan fingerprint density at radius 3 is 2.73 bits per heavy atom. The molecular weight excluding hydrogens is 399 g/mol. The number of aliphatic hydroxyl groups is 1. The van der Waals surface area contributed by atoms with E-state index >= 15 is 0 Å². The molecule has 6 nitrogen and oxygen atoms in total. The molecule has 30 heavy (non-hydrogen) atoms. The first-order chi connectivity index (χ1) is 14.2. The van der Waals surface area contributed by atoms with Crippen molar-refractivity contribution in [2.75, 3.05) is 20.2 Å². The first-order valence-electron chi connectivity index (χ1n) is 9.74. The van der Waals surface area contributed by atoms with Crippen molar-refractivity contribution in [3.8, 4) is 5.75 Å². The lowest BCUT2D eigenvalue weighted by Gasteiger charge is -2.28. The van der Waals surface area contributed by atoms with Gasteiger partial charge in [0.25, 0.3) is 0 Å². The molecular formula is C21H24F3N3O3. The molecule has 1 amide bonds. The molecule has 2 atom stereocenters. The molecule has 0 fully saturated rings. The van der Waals surface area contributed by atoms with Crippen LogP contribution >= 0.6 is 0 Å². The predicted molar refractivity (Wildman–Crippen MR) is 103 cm³/mol. The topological polar surface area (TPSA) is 75.6 Å². The molecule has 2 aromatic rings. The third kappa shape index (κ3) is 4.72. The van der Waals surface area contributed by atoms with Gasteiger partial charge in [-0.15, -0.1) is 0 Å². The molecule has 2 unspecified atom stereocenters. The molecule has 1 aliphatic rings. The van der Waals surface area contributed by atoms with Crippen LogP contribution in [0.5, 0.6) is 5.75 Å². The van der Waals surface area contributed by atoms with E-state index in [1.165, 1.54) is 19.5 Å². The lowest BCUT2D eigenvalue weighted by atomic mass is 10.0. The fourth-order valence-electron chi connectivity index (χ4n) is 3.79. The molecule has 9 heteroatoms. The summed E-state index contributed by atoms with van der Waals surface area (Å²) in [5.41, 5.74) is 0.690. The van der Waals surface area contributed by atoms with Gasteiger partial charge in [0.2, 0.25) is 5.91 Å². The van der Waals surface area contributed by atoms with Gasteiger partial charge < -0.3 is 14.7 Å². The van der Waals surface area contributed by atoms with E-state index in [0.29, 0.717) is 41.8 Å². The van der Waals surface area contributed by atoms with E-state index in [1.807, 2.05) is 6.92 Å². The molecule has 0 aromatic carbocycles. The Morgan fingerprint density at radius 2 is 2.07 bits per heavy atom. The number of halogens is 3. The van der Waals surface area contributed by atoms with Crippen molar-refractivity contribution < 1.29 is 27.8 Å². The number of alkyl halides is 3. The molecule has 2 heterocycles. The van der Waals surface area contributed by atoms with Gasteiger partial charge in [-0.25, -0.2) is 0 Å². The van der Waals surface area contributed by atoms with Crippen LogP contribution in [-0.2, 0) is 23.8 Å². The average Bonchev–Trinajstić information content (AvgIpc) is 3.15. The monoisotopic (exact) mass is 423 g/mol. The van der Waals surface area contributed by atoms with Gasteiger partial charge in [0.05, 0.1) is 13.7 Å².